The van der Waals surface area contributed by atoms with Crippen LogP contribution < -0.4 is 11.2 Å². The molecule has 0 saturated heterocycles. The van der Waals surface area contributed by atoms with Gasteiger partial charge in [-0.05, 0) is 12.5 Å². The fourth-order valence-electron chi connectivity index (χ4n) is 0.842. The van der Waals surface area contributed by atoms with Crippen LogP contribution >= 0.6 is 0 Å². The summed E-state index contributed by atoms with van der Waals surface area (Å²) in [4.78, 5) is 0. The number of hydrogen-bond donors (Lipinski definition) is 2. The maximum absolute atomic E-state index is 5.26. The Labute approximate surface area is 78.0 Å². The molecule has 3 heteroatoms. The van der Waals surface area contributed by atoms with Gasteiger partial charge in [0, 0.05) is 0 Å². The Kier molecular flexibility index (Phi) is 3.09. The minimum absolute atomic E-state index is 0.336. The molecule has 13 heavy (non-hydrogen) atoms. The molecule has 0 spiro atoms. The van der Waals surface area contributed by atoms with E-state index in [-0.39, 0.29) is 0 Å². The molecule has 1 aromatic carbocycles. The Morgan fingerprint density at radius 2 is 2.08 bits per heavy atom. The van der Waals surface area contributed by atoms with Crippen molar-refractivity contribution in [2.75, 3.05) is 0 Å². The van der Waals surface area contributed by atoms with Crippen molar-refractivity contribution in [3.63, 3.8) is 0 Å². The predicted octanol–water partition coefficient (Wildman–Crippen LogP) is 1.35. The number of nitrogens with two attached hydrogens (primary N) is 1. The van der Waals surface area contributed by atoms with Gasteiger partial charge in [0.05, 0.1) is 6.21 Å². The molecule has 68 valence electrons. The standard InChI is InChI=1S/C10H13N3/c1-8-3-5-10(6-4-8)7-12-13-9(2)11/h3-7,13H,2,11H2,1H3/b12-7+. The molecular weight excluding hydrogens is 162 g/mol. The van der Waals surface area contributed by atoms with Crippen LogP contribution in [-0.2, 0) is 0 Å². The van der Waals surface area contributed by atoms with Gasteiger partial charge >= 0.3 is 0 Å². The highest BCUT2D eigenvalue weighted by atomic mass is 15.3. The number of rotatable bonds is 3. The van der Waals surface area contributed by atoms with Crippen LogP contribution in [0.4, 0.5) is 0 Å². The smallest absolute Gasteiger partial charge is 0.109 e. The number of nitrogens with one attached hydrogen (secondary N) is 1. The summed E-state index contributed by atoms with van der Waals surface area (Å²) in [5.41, 5.74) is 10.1. The second-order valence-corrected chi connectivity index (χ2v) is 2.81. The average molecular weight is 175 g/mol. The van der Waals surface area contributed by atoms with Gasteiger partial charge in [0.25, 0.3) is 0 Å². The predicted molar refractivity (Wildman–Crippen MR) is 55.2 cm³/mol. The van der Waals surface area contributed by atoms with Crippen LogP contribution in [-0.4, -0.2) is 6.21 Å². The summed E-state index contributed by atoms with van der Waals surface area (Å²) in [6.07, 6.45) is 1.69. The maximum atomic E-state index is 5.26. The third-order valence-corrected chi connectivity index (χ3v) is 1.50. The van der Waals surface area contributed by atoms with Gasteiger partial charge in [-0.25, -0.2) is 0 Å². The van der Waals surface area contributed by atoms with Gasteiger partial charge in [0.2, 0.25) is 0 Å². The van der Waals surface area contributed by atoms with E-state index in [0.29, 0.717) is 5.82 Å². The molecule has 0 aromatic heterocycles. The van der Waals surface area contributed by atoms with E-state index >= 15 is 0 Å². The lowest BCUT2D eigenvalue weighted by Crippen LogP contribution is -2.12. The SMILES string of the molecule is C=C(N)N/N=C/c1ccc(C)cc1. The van der Waals surface area contributed by atoms with E-state index in [4.69, 9.17) is 5.73 Å². The molecule has 0 bridgehead atoms. The molecule has 1 aromatic rings. The first-order chi connectivity index (χ1) is 6.18. The Hall–Kier alpha value is -1.77. The highest BCUT2D eigenvalue weighted by Crippen LogP contribution is 1.99. The zero-order valence-electron chi connectivity index (χ0n) is 7.62. The van der Waals surface area contributed by atoms with Crippen LogP contribution in [0.1, 0.15) is 11.1 Å². The third-order valence-electron chi connectivity index (χ3n) is 1.50. The van der Waals surface area contributed by atoms with Gasteiger partial charge in [-0.2, -0.15) is 5.10 Å². The van der Waals surface area contributed by atoms with Crippen molar-refractivity contribution >= 4 is 6.21 Å². The summed E-state index contributed by atoms with van der Waals surface area (Å²) >= 11 is 0. The van der Waals surface area contributed by atoms with Crippen LogP contribution in [0.5, 0.6) is 0 Å². The largest absolute Gasteiger partial charge is 0.385 e. The molecule has 0 fully saturated rings. The number of benzene rings is 1. The van der Waals surface area contributed by atoms with Gasteiger partial charge in [-0.1, -0.05) is 36.4 Å². The lowest BCUT2D eigenvalue weighted by atomic mass is 10.2. The summed E-state index contributed by atoms with van der Waals surface area (Å²) in [5.74, 6) is 0.336. The van der Waals surface area contributed by atoms with Gasteiger partial charge < -0.3 is 5.73 Å². The molecular formula is C10H13N3. The molecule has 0 heterocycles. The van der Waals surface area contributed by atoms with E-state index in [9.17, 15) is 0 Å². The summed E-state index contributed by atoms with van der Waals surface area (Å²) < 4.78 is 0. The lowest BCUT2D eigenvalue weighted by molar-refractivity contribution is 0.882. The molecule has 0 saturated carbocycles. The van der Waals surface area contributed by atoms with E-state index < -0.39 is 0 Å². The molecule has 0 amide bonds. The minimum atomic E-state index is 0.336. The van der Waals surface area contributed by atoms with Crippen LogP contribution in [0.25, 0.3) is 0 Å². The molecule has 0 radical (unpaired) electrons. The van der Waals surface area contributed by atoms with Crippen molar-refractivity contribution in [2.24, 2.45) is 10.8 Å². The van der Waals surface area contributed by atoms with Crippen LogP contribution in [0.15, 0.2) is 41.8 Å². The highest BCUT2D eigenvalue weighted by molar-refractivity contribution is 5.79. The van der Waals surface area contributed by atoms with Crippen molar-refractivity contribution in [3.05, 3.63) is 47.8 Å². The zero-order valence-corrected chi connectivity index (χ0v) is 7.62. The average Bonchev–Trinajstić information content (AvgIpc) is 2.08. The Morgan fingerprint density at radius 1 is 1.46 bits per heavy atom. The van der Waals surface area contributed by atoms with E-state index in [0.717, 1.165) is 5.56 Å². The third kappa shape index (κ3) is 3.42. The second-order valence-electron chi connectivity index (χ2n) is 2.81. The van der Waals surface area contributed by atoms with Crippen LogP contribution in [0.3, 0.4) is 0 Å². The van der Waals surface area contributed by atoms with Gasteiger partial charge in [-0.3, -0.25) is 5.43 Å². The summed E-state index contributed by atoms with van der Waals surface area (Å²) in [6.45, 7) is 5.50. The van der Waals surface area contributed by atoms with Gasteiger partial charge in [0.1, 0.15) is 5.82 Å². The van der Waals surface area contributed by atoms with E-state index in [1.807, 2.05) is 31.2 Å². The monoisotopic (exact) mass is 175 g/mol. The summed E-state index contributed by atoms with van der Waals surface area (Å²) in [6, 6.07) is 8.02. The summed E-state index contributed by atoms with van der Waals surface area (Å²) in [7, 11) is 0. The van der Waals surface area contributed by atoms with Crippen LogP contribution in [0, 0.1) is 6.92 Å². The Bertz CT molecular complexity index is 311. The molecule has 0 unspecified atom stereocenters. The Morgan fingerprint density at radius 3 is 2.62 bits per heavy atom. The fourth-order valence-corrected chi connectivity index (χ4v) is 0.842. The van der Waals surface area contributed by atoms with E-state index in [1.165, 1.54) is 5.56 Å². The molecule has 0 aliphatic rings. The van der Waals surface area contributed by atoms with Crippen molar-refractivity contribution in [1.82, 2.24) is 5.43 Å². The van der Waals surface area contributed by atoms with E-state index in [2.05, 4.69) is 17.1 Å². The molecule has 1 rings (SSSR count). The highest BCUT2D eigenvalue weighted by Gasteiger charge is 1.86. The number of aryl methyl sites for hydroxylation is 1. The second kappa shape index (κ2) is 4.30. The quantitative estimate of drug-likeness (QED) is 0.538. The molecule has 3 N–H and O–H groups in total. The first-order valence-corrected chi connectivity index (χ1v) is 3.98. The molecule has 0 aliphatic heterocycles. The molecule has 0 atom stereocenters. The van der Waals surface area contributed by atoms with Gasteiger partial charge in [-0.15, -0.1) is 0 Å². The fraction of sp³-hybridized carbons (Fsp3) is 0.100. The molecule has 3 nitrogen and oxygen atoms in total. The van der Waals surface area contributed by atoms with Crippen molar-refractivity contribution < 1.29 is 0 Å². The number of hydrogen-bond acceptors (Lipinski definition) is 3. The van der Waals surface area contributed by atoms with Gasteiger partial charge in [0.15, 0.2) is 0 Å². The van der Waals surface area contributed by atoms with Crippen molar-refractivity contribution in [3.8, 4) is 0 Å². The number of hydrazone groups is 1. The minimum Gasteiger partial charge on any atom is -0.385 e. The summed E-state index contributed by atoms with van der Waals surface area (Å²) in [5, 5.41) is 3.87. The maximum Gasteiger partial charge on any atom is 0.109 e. The van der Waals surface area contributed by atoms with Crippen molar-refractivity contribution in [1.29, 1.82) is 0 Å². The lowest BCUT2D eigenvalue weighted by Gasteiger charge is -1.96. The first kappa shape index (κ1) is 9.32. The van der Waals surface area contributed by atoms with E-state index in [1.54, 1.807) is 6.21 Å². The molecule has 0 aliphatic carbocycles. The number of nitrogens with zero attached hydrogens (tertiary/aromatic N) is 1. The first-order valence-electron chi connectivity index (χ1n) is 3.98. The Balaban J connectivity index is 2.59. The normalized spacial score (nSPS) is 10.2. The zero-order chi connectivity index (χ0) is 9.68. The topological polar surface area (TPSA) is 50.4 Å². The van der Waals surface area contributed by atoms with Crippen molar-refractivity contribution in [2.45, 2.75) is 6.92 Å². The van der Waals surface area contributed by atoms with Crippen LogP contribution in [0.2, 0.25) is 0 Å².